The number of esters is 2. The second-order valence-corrected chi connectivity index (χ2v) is 16.7. The minimum absolute atomic E-state index is 0.0485. The van der Waals surface area contributed by atoms with E-state index in [1.165, 1.54) is 5.57 Å². The molecule has 0 amide bonds. The molecular weight excluding hydrogens is 560 g/mol. The standard InChI is InChI=1S/C40H56O5/c1-26(2)29-15-18-40(9)34(38(29,7)17-16-33(42)45-27(3)4)32(41)23-30-31-24-37(6,20-19-36(31,5)21-22-39(30,40)8)35(43)44-25-28-13-11-10-12-14-28/h10-14,23,27,29,31,34H,1,15-22,24-25H2,2-9H3/t29-,31-,34+,36+,37-,38-,39+,40+/m0/s1. The van der Waals surface area contributed by atoms with E-state index in [1.807, 2.05) is 50.3 Å². The summed E-state index contributed by atoms with van der Waals surface area (Å²) in [6.07, 6.45) is 9.24. The first-order chi connectivity index (χ1) is 21.0. The zero-order valence-electron chi connectivity index (χ0n) is 29.1. The molecule has 45 heavy (non-hydrogen) atoms. The van der Waals surface area contributed by atoms with E-state index in [0.29, 0.717) is 19.3 Å². The van der Waals surface area contributed by atoms with Gasteiger partial charge in [-0.05, 0) is 124 Å². The SMILES string of the molecule is C=C(C)[C@@H]1CC[C@]2(C)[C@H](C(=O)C=C3[C@@H]4C[C@@](C)(C(=O)OCc5ccccc5)CC[C@]4(C)CC[C@]32C)[C@@]1(C)CCC(=O)OC(C)C. The molecule has 0 saturated heterocycles. The number of rotatable bonds is 8. The molecule has 4 aliphatic rings. The summed E-state index contributed by atoms with van der Waals surface area (Å²) in [4.78, 5) is 41.1. The fourth-order valence-electron chi connectivity index (χ4n) is 10.5. The Morgan fingerprint density at radius 3 is 2.29 bits per heavy atom. The molecule has 1 aromatic carbocycles. The number of ether oxygens (including phenoxy) is 2. The van der Waals surface area contributed by atoms with Crippen molar-refractivity contribution in [1.29, 1.82) is 0 Å². The van der Waals surface area contributed by atoms with Gasteiger partial charge in [-0.25, -0.2) is 0 Å². The number of benzene rings is 1. The molecule has 3 saturated carbocycles. The van der Waals surface area contributed by atoms with Gasteiger partial charge in [0.2, 0.25) is 0 Å². The van der Waals surface area contributed by atoms with Crippen LogP contribution >= 0.6 is 0 Å². The lowest BCUT2D eigenvalue weighted by Gasteiger charge is -2.68. The van der Waals surface area contributed by atoms with Crippen LogP contribution in [-0.2, 0) is 30.5 Å². The van der Waals surface area contributed by atoms with Crippen LogP contribution < -0.4 is 0 Å². The van der Waals surface area contributed by atoms with E-state index in [-0.39, 0.29) is 64.4 Å². The third-order valence-electron chi connectivity index (χ3n) is 13.4. The monoisotopic (exact) mass is 616 g/mol. The summed E-state index contributed by atoms with van der Waals surface area (Å²) in [5.74, 6) is -0.0348. The van der Waals surface area contributed by atoms with Gasteiger partial charge >= 0.3 is 11.9 Å². The first-order valence-corrected chi connectivity index (χ1v) is 17.3. The molecule has 0 radical (unpaired) electrons. The topological polar surface area (TPSA) is 69.7 Å². The van der Waals surface area contributed by atoms with Crippen molar-refractivity contribution in [2.24, 2.45) is 44.8 Å². The molecule has 3 fully saturated rings. The van der Waals surface area contributed by atoms with Gasteiger partial charge in [-0.1, -0.05) is 75.8 Å². The highest BCUT2D eigenvalue weighted by molar-refractivity contribution is 5.96. The Morgan fingerprint density at radius 1 is 0.978 bits per heavy atom. The average molecular weight is 617 g/mol. The summed E-state index contributed by atoms with van der Waals surface area (Å²) in [7, 11) is 0. The maximum absolute atomic E-state index is 14.7. The highest BCUT2D eigenvalue weighted by Crippen LogP contribution is 2.73. The highest BCUT2D eigenvalue weighted by Gasteiger charge is 2.68. The van der Waals surface area contributed by atoms with Crippen molar-refractivity contribution in [3.05, 3.63) is 59.7 Å². The summed E-state index contributed by atoms with van der Waals surface area (Å²) < 4.78 is 11.5. The van der Waals surface area contributed by atoms with Crippen LogP contribution in [0.4, 0.5) is 0 Å². The van der Waals surface area contributed by atoms with E-state index in [0.717, 1.165) is 49.7 Å². The van der Waals surface area contributed by atoms with Gasteiger partial charge in [0.1, 0.15) is 6.61 Å². The predicted molar refractivity (Wildman–Crippen MR) is 178 cm³/mol. The maximum atomic E-state index is 14.7. The van der Waals surface area contributed by atoms with Crippen LogP contribution in [0.3, 0.4) is 0 Å². The van der Waals surface area contributed by atoms with Gasteiger partial charge in [0, 0.05) is 12.3 Å². The van der Waals surface area contributed by atoms with E-state index in [1.54, 1.807) is 0 Å². The number of allylic oxidation sites excluding steroid dienone is 3. The van der Waals surface area contributed by atoms with E-state index in [4.69, 9.17) is 9.47 Å². The van der Waals surface area contributed by atoms with Gasteiger partial charge in [0.05, 0.1) is 11.5 Å². The molecule has 5 nitrogen and oxygen atoms in total. The Labute approximate surface area is 271 Å². The third kappa shape index (κ3) is 5.65. The zero-order valence-corrected chi connectivity index (χ0v) is 29.1. The minimum Gasteiger partial charge on any atom is -0.463 e. The highest BCUT2D eigenvalue weighted by atomic mass is 16.5. The van der Waals surface area contributed by atoms with Gasteiger partial charge in [0.25, 0.3) is 0 Å². The van der Waals surface area contributed by atoms with E-state index < -0.39 is 10.8 Å². The molecule has 0 N–H and O–H groups in total. The number of hydrogen-bond acceptors (Lipinski definition) is 5. The minimum atomic E-state index is -0.595. The second kappa shape index (κ2) is 11.8. The maximum Gasteiger partial charge on any atom is 0.312 e. The van der Waals surface area contributed by atoms with Crippen LogP contribution in [0.5, 0.6) is 0 Å². The molecule has 0 heterocycles. The molecule has 0 spiro atoms. The largest absolute Gasteiger partial charge is 0.463 e. The molecular formula is C40H56O5. The summed E-state index contributed by atoms with van der Waals surface area (Å²) >= 11 is 0. The fraction of sp³-hybridized carbons (Fsp3) is 0.675. The first-order valence-electron chi connectivity index (χ1n) is 17.3. The van der Waals surface area contributed by atoms with Gasteiger partial charge < -0.3 is 9.47 Å². The van der Waals surface area contributed by atoms with Gasteiger partial charge in [-0.2, -0.15) is 0 Å². The number of ketones is 1. The first kappa shape index (κ1) is 33.7. The Kier molecular flexibility index (Phi) is 8.85. The lowest BCUT2D eigenvalue weighted by atomic mass is 9.35. The normalized spacial score (nSPS) is 39.2. The van der Waals surface area contributed by atoms with Crippen LogP contribution in [0.1, 0.15) is 119 Å². The fourth-order valence-corrected chi connectivity index (χ4v) is 10.5. The smallest absolute Gasteiger partial charge is 0.312 e. The predicted octanol–water partition coefficient (Wildman–Crippen LogP) is 9.20. The molecule has 0 bridgehead atoms. The summed E-state index contributed by atoms with van der Waals surface area (Å²) in [5.41, 5.74) is 1.96. The van der Waals surface area contributed by atoms with Crippen LogP contribution in [-0.4, -0.2) is 23.8 Å². The van der Waals surface area contributed by atoms with Crippen molar-refractivity contribution in [3.8, 4) is 0 Å². The molecule has 246 valence electrons. The van der Waals surface area contributed by atoms with Crippen molar-refractivity contribution in [2.45, 2.75) is 126 Å². The Hall–Kier alpha value is -2.69. The van der Waals surface area contributed by atoms with Crippen molar-refractivity contribution in [1.82, 2.24) is 0 Å². The summed E-state index contributed by atoms with van der Waals surface area (Å²) in [6, 6.07) is 9.87. The summed E-state index contributed by atoms with van der Waals surface area (Å²) in [5, 5.41) is 0. The van der Waals surface area contributed by atoms with Crippen LogP contribution in [0, 0.1) is 44.8 Å². The molecule has 0 aliphatic heterocycles. The van der Waals surface area contributed by atoms with Gasteiger partial charge in [0.15, 0.2) is 5.78 Å². The molecule has 8 atom stereocenters. The average Bonchev–Trinajstić information content (AvgIpc) is 2.97. The van der Waals surface area contributed by atoms with Gasteiger partial charge in [-0.3, -0.25) is 14.4 Å². The van der Waals surface area contributed by atoms with Crippen molar-refractivity contribution in [2.75, 3.05) is 0 Å². The van der Waals surface area contributed by atoms with Crippen LogP contribution in [0.25, 0.3) is 0 Å². The molecule has 4 aliphatic carbocycles. The lowest BCUT2D eigenvalue weighted by Crippen LogP contribution is -2.63. The Bertz CT molecular complexity index is 1380. The number of carbonyl (C=O) groups is 3. The zero-order chi connectivity index (χ0) is 33.0. The number of fused-ring (bicyclic) bond motifs is 5. The van der Waals surface area contributed by atoms with E-state index in [9.17, 15) is 14.4 Å². The Morgan fingerprint density at radius 2 is 1.64 bits per heavy atom. The quantitative estimate of drug-likeness (QED) is 0.215. The lowest BCUT2D eigenvalue weighted by molar-refractivity contribution is -0.171. The van der Waals surface area contributed by atoms with E-state index in [2.05, 4.69) is 48.1 Å². The second-order valence-electron chi connectivity index (χ2n) is 16.7. The molecule has 5 heteroatoms. The third-order valence-corrected chi connectivity index (χ3v) is 13.4. The molecule has 0 aromatic heterocycles. The van der Waals surface area contributed by atoms with E-state index >= 15 is 0 Å². The summed E-state index contributed by atoms with van der Waals surface area (Å²) in [6.45, 7) is 22.0. The van der Waals surface area contributed by atoms with Crippen LogP contribution in [0.15, 0.2) is 54.1 Å². The Balaban J connectivity index is 1.48. The van der Waals surface area contributed by atoms with Crippen molar-refractivity contribution < 1.29 is 23.9 Å². The molecule has 1 aromatic rings. The van der Waals surface area contributed by atoms with Crippen molar-refractivity contribution in [3.63, 3.8) is 0 Å². The molecule has 0 unspecified atom stereocenters. The number of carbonyl (C=O) groups excluding carboxylic acids is 3. The van der Waals surface area contributed by atoms with Crippen LogP contribution in [0.2, 0.25) is 0 Å². The molecule has 5 rings (SSSR count). The van der Waals surface area contributed by atoms with Crippen molar-refractivity contribution >= 4 is 17.7 Å². The van der Waals surface area contributed by atoms with Gasteiger partial charge in [-0.15, -0.1) is 0 Å². The number of hydrogen-bond donors (Lipinski definition) is 0.